The number of rotatable bonds is 6. The molecule has 0 radical (unpaired) electrons. The fourth-order valence-corrected chi connectivity index (χ4v) is 4.08. The number of aromatic amines is 2. The van der Waals surface area contributed by atoms with Gasteiger partial charge in [0.05, 0.1) is 22.2 Å². The summed E-state index contributed by atoms with van der Waals surface area (Å²) in [5.41, 5.74) is 0.163. The highest BCUT2D eigenvalue weighted by Gasteiger charge is 2.35. The van der Waals surface area contributed by atoms with Crippen LogP contribution in [0.15, 0.2) is 66.7 Å². The van der Waals surface area contributed by atoms with E-state index in [2.05, 4.69) is 25.6 Å². The van der Waals surface area contributed by atoms with Gasteiger partial charge in [-0.3, -0.25) is 9.59 Å². The van der Waals surface area contributed by atoms with Gasteiger partial charge in [0.1, 0.15) is 23.8 Å². The van der Waals surface area contributed by atoms with Gasteiger partial charge in [0.2, 0.25) is 0 Å². The van der Waals surface area contributed by atoms with Gasteiger partial charge < -0.3 is 25.3 Å². The summed E-state index contributed by atoms with van der Waals surface area (Å²) in [6.45, 7) is 0.137. The Morgan fingerprint density at radius 3 is 2.38 bits per heavy atom. The minimum atomic E-state index is -4.71. The van der Waals surface area contributed by atoms with E-state index in [0.717, 1.165) is 23.0 Å². The van der Waals surface area contributed by atoms with Crippen molar-refractivity contribution >= 4 is 45.3 Å². The first-order valence-corrected chi connectivity index (χ1v) is 11.1. The highest BCUT2D eigenvalue weighted by atomic mass is 19.4. The smallest absolute Gasteiger partial charge is 0.377 e. The molecule has 0 unspecified atom stereocenters. The number of para-hydroxylation sites is 1. The summed E-state index contributed by atoms with van der Waals surface area (Å²) in [7, 11) is 1.49. The van der Waals surface area contributed by atoms with Crippen LogP contribution in [0.5, 0.6) is 0 Å². The molecule has 11 heteroatoms. The second-order valence-corrected chi connectivity index (χ2v) is 8.26. The maximum atomic E-state index is 13.4. The number of hydrogen-bond acceptors (Lipinski definition) is 4. The fraction of sp³-hybridized carbons (Fsp3) is 0.115. The summed E-state index contributed by atoms with van der Waals surface area (Å²) in [4.78, 5) is 36.7. The number of alkyl halides is 3. The van der Waals surface area contributed by atoms with Gasteiger partial charge in [-0.15, -0.1) is 0 Å². The number of carbonyl (C=O) groups is 2. The second-order valence-electron chi connectivity index (χ2n) is 8.26. The summed E-state index contributed by atoms with van der Waals surface area (Å²) in [6.07, 6.45) is -4.71. The van der Waals surface area contributed by atoms with E-state index in [-0.39, 0.29) is 17.9 Å². The van der Waals surface area contributed by atoms with Gasteiger partial charge in [-0.1, -0.05) is 30.3 Å². The van der Waals surface area contributed by atoms with Crippen LogP contribution in [-0.4, -0.2) is 33.9 Å². The summed E-state index contributed by atoms with van der Waals surface area (Å²) in [5.74, 6) is -0.617. The van der Waals surface area contributed by atoms with Crippen LogP contribution < -0.4 is 10.6 Å². The predicted octanol–water partition coefficient (Wildman–Crippen LogP) is 5.71. The van der Waals surface area contributed by atoms with E-state index in [1.807, 2.05) is 24.3 Å². The van der Waals surface area contributed by atoms with Gasteiger partial charge in [-0.2, -0.15) is 13.2 Å². The lowest BCUT2D eigenvalue weighted by atomic mass is 10.1. The van der Waals surface area contributed by atoms with E-state index in [1.54, 1.807) is 6.07 Å². The molecule has 4 N–H and O–H groups in total. The van der Waals surface area contributed by atoms with Crippen LogP contribution in [0.2, 0.25) is 0 Å². The number of nitrogens with one attached hydrogen (secondary N) is 4. The molecule has 0 saturated heterocycles. The Labute approximate surface area is 207 Å². The van der Waals surface area contributed by atoms with Crippen LogP contribution in [0.4, 0.5) is 24.7 Å². The van der Waals surface area contributed by atoms with Gasteiger partial charge in [-0.25, -0.2) is 4.98 Å². The molecule has 0 atom stereocenters. The van der Waals surface area contributed by atoms with Crippen molar-refractivity contribution < 1.29 is 27.5 Å². The van der Waals surface area contributed by atoms with Crippen LogP contribution in [0.25, 0.3) is 21.9 Å². The van der Waals surface area contributed by atoms with E-state index in [1.165, 1.54) is 31.4 Å². The molecule has 0 saturated carbocycles. The Morgan fingerprint density at radius 2 is 1.62 bits per heavy atom. The average Bonchev–Trinajstić information content (AvgIpc) is 3.46. The average molecular weight is 507 g/mol. The van der Waals surface area contributed by atoms with Crippen molar-refractivity contribution in [2.24, 2.45) is 0 Å². The van der Waals surface area contributed by atoms with Crippen LogP contribution in [-0.2, 0) is 17.5 Å². The largest absolute Gasteiger partial charge is 0.417 e. The SMILES string of the molecule is COCc1nc2c(C(=O)Nc3cc4ccccc4[nH]3)cc(NC(=O)c3ccccc3C(F)(F)F)cc2[nH]1. The summed E-state index contributed by atoms with van der Waals surface area (Å²) >= 11 is 0. The highest BCUT2D eigenvalue weighted by Crippen LogP contribution is 2.32. The quantitative estimate of drug-likeness (QED) is 0.236. The summed E-state index contributed by atoms with van der Waals surface area (Å²) in [6, 6.07) is 16.6. The Balaban J connectivity index is 1.51. The van der Waals surface area contributed by atoms with Crippen molar-refractivity contribution in [2.75, 3.05) is 17.7 Å². The van der Waals surface area contributed by atoms with E-state index in [0.29, 0.717) is 22.7 Å². The number of methoxy groups -OCH3 is 1. The minimum absolute atomic E-state index is 0.106. The first kappa shape index (κ1) is 24.1. The lowest BCUT2D eigenvalue weighted by Gasteiger charge is -2.13. The molecule has 0 spiro atoms. The number of imidazole rings is 1. The first-order chi connectivity index (χ1) is 17.7. The molecular weight excluding hydrogens is 487 g/mol. The van der Waals surface area contributed by atoms with Crippen LogP contribution in [0, 0.1) is 0 Å². The topological polar surface area (TPSA) is 112 Å². The van der Waals surface area contributed by atoms with Gasteiger partial charge in [0.25, 0.3) is 11.8 Å². The zero-order valence-corrected chi connectivity index (χ0v) is 19.4. The molecule has 0 fully saturated rings. The molecule has 2 amide bonds. The van der Waals surface area contributed by atoms with Crippen molar-refractivity contribution in [1.82, 2.24) is 15.0 Å². The number of benzene rings is 3. The second kappa shape index (κ2) is 9.43. The van der Waals surface area contributed by atoms with Gasteiger partial charge in [-0.05, 0) is 36.4 Å². The Hall–Kier alpha value is -4.64. The molecule has 3 aromatic carbocycles. The minimum Gasteiger partial charge on any atom is -0.377 e. The van der Waals surface area contributed by atoms with Gasteiger partial charge >= 0.3 is 6.18 Å². The molecule has 2 heterocycles. The number of aromatic nitrogens is 3. The standard InChI is InChI=1S/C26H20F3N5O3/c1-37-13-22-32-20-12-15(30-24(35)16-7-3-4-8-18(16)26(27,28)29)11-17(23(20)33-22)25(36)34-21-10-14-6-2-5-9-19(14)31-21/h2-12,31H,13H2,1H3,(H,30,35)(H,32,33)(H,34,36). The number of ether oxygens (including phenoxy) is 1. The number of carbonyl (C=O) groups excluding carboxylic acids is 2. The normalized spacial score (nSPS) is 11.7. The first-order valence-electron chi connectivity index (χ1n) is 11.1. The lowest BCUT2D eigenvalue weighted by molar-refractivity contribution is -0.137. The molecule has 188 valence electrons. The molecule has 0 bridgehead atoms. The van der Waals surface area contributed by atoms with Gasteiger partial charge in [0, 0.05) is 23.7 Å². The number of anilines is 2. The number of halogens is 3. The van der Waals surface area contributed by atoms with E-state index in [9.17, 15) is 22.8 Å². The molecule has 0 aliphatic heterocycles. The summed E-state index contributed by atoms with van der Waals surface area (Å²) in [5, 5.41) is 6.16. The van der Waals surface area contributed by atoms with Crippen molar-refractivity contribution in [3.63, 3.8) is 0 Å². The van der Waals surface area contributed by atoms with Crippen molar-refractivity contribution in [3.8, 4) is 0 Å². The molecule has 0 aliphatic rings. The van der Waals surface area contributed by atoms with Crippen molar-refractivity contribution in [1.29, 1.82) is 0 Å². The third kappa shape index (κ3) is 4.89. The highest BCUT2D eigenvalue weighted by molar-refractivity contribution is 6.14. The molecule has 37 heavy (non-hydrogen) atoms. The van der Waals surface area contributed by atoms with Crippen molar-refractivity contribution in [3.05, 3.63) is 89.2 Å². The van der Waals surface area contributed by atoms with E-state index >= 15 is 0 Å². The van der Waals surface area contributed by atoms with E-state index in [4.69, 9.17) is 4.74 Å². The number of hydrogen-bond donors (Lipinski definition) is 4. The third-order valence-electron chi connectivity index (χ3n) is 5.67. The van der Waals surface area contributed by atoms with Crippen LogP contribution in [0.3, 0.4) is 0 Å². The zero-order chi connectivity index (χ0) is 26.2. The molecule has 0 aliphatic carbocycles. The Bertz CT molecular complexity index is 1600. The van der Waals surface area contributed by atoms with Gasteiger partial charge in [0.15, 0.2) is 0 Å². The summed E-state index contributed by atoms with van der Waals surface area (Å²) < 4.78 is 45.4. The Kier molecular flexibility index (Phi) is 6.14. The lowest BCUT2D eigenvalue weighted by Crippen LogP contribution is -2.19. The fourth-order valence-electron chi connectivity index (χ4n) is 4.08. The molecule has 2 aromatic heterocycles. The van der Waals surface area contributed by atoms with Crippen molar-refractivity contribution in [2.45, 2.75) is 12.8 Å². The molecule has 5 rings (SSSR count). The number of nitrogens with zero attached hydrogens (tertiary/aromatic N) is 1. The van der Waals surface area contributed by atoms with Crippen LogP contribution in [0.1, 0.15) is 32.1 Å². The van der Waals surface area contributed by atoms with E-state index < -0.39 is 29.1 Å². The molecule has 8 nitrogen and oxygen atoms in total. The van der Waals surface area contributed by atoms with Crippen LogP contribution >= 0.6 is 0 Å². The monoisotopic (exact) mass is 507 g/mol. The third-order valence-corrected chi connectivity index (χ3v) is 5.67. The maximum absolute atomic E-state index is 13.4. The predicted molar refractivity (Wildman–Crippen MR) is 132 cm³/mol. The number of amides is 2. The molecule has 5 aromatic rings. The zero-order valence-electron chi connectivity index (χ0n) is 19.4. The Morgan fingerprint density at radius 1 is 0.892 bits per heavy atom. The maximum Gasteiger partial charge on any atom is 0.417 e. The number of fused-ring (bicyclic) bond motifs is 2. The number of H-pyrrole nitrogens is 2. The molecular formula is C26H20F3N5O3.